The minimum atomic E-state index is -0.767. The maximum absolute atomic E-state index is 14.4. The molecule has 0 amide bonds. The first-order chi connectivity index (χ1) is 21.5. The van der Waals surface area contributed by atoms with Gasteiger partial charge in [-0.3, -0.25) is 9.36 Å². The van der Waals surface area contributed by atoms with Gasteiger partial charge in [-0.05, 0) is 55.3 Å². The summed E-state index contributed by atoms with van der Waals surface area (Å²) in [5.74, 6) is 0.752. The van der Waals surface area contributed by atoms with Gasteiger partial charge >= 0.3 is 5.97 Å². The minimum Gasteiger partial charge on any atom is -0.494 e. The standard InChI is InChI=1S/C36H32N2O5S/c1-4-41-29-18-12-11-17-27(29)33-32(35(40)42-5-2)23(3)37-36-38(33)34(39)31(44-36)21-28-26-16-10-9-15-25(26)19-20-30(28)43-22-24-13-7-6-8-14-24/h6-21,33H,4-5,22H2,1-3H3/b31-21-/t33-/m0/s1. The van der Waals surface area contributed by atoms with Crippen LogP contribution in [0.2, 0.25) is 0 Å². The summed E-state index contributed by atoms with van der Waals surface area (Å²) in [6.07, 6.45) is 1.88. The molecule has 8 heteroatoms. The van der Waals surface area contributed by atoms with E-state index in [1.807, 2.05) is 104 Å². The molecule has 0 N–H and O–H groups in total. The van der Waals surface area contributed by atoms with Crippen molar-refractivity contribution < 1.29 is 19.0 Å². The molecule has 0 spiro atoms. The Morgan fingerprint density at radius 2 is 1.64 bits per heavy atom. The Balaban J connectivity index is 1.55. The van der Waals surface area contributed by atoms with Gasteiger partial charge < -0.3 is 14.2 Å². The van der Waals surface area contributed by atoms with Gasteiger partial charge in [-0.1, -0.05) is 90.2 Å². The second-order valence-corrected chi connectivity index (χ2v) is 11.3. The van der Waals surface area contributed by atoms with E-state index in [4.69, 9.17) is 19.2 Å². The highest BCUT2D eigenvalue weighted by atomic mass is 32.1. The van der Waals surface area contributed by atoms with Gasteiger partial charge in [0.05, 0.1) is 29.0 Å². The Kier molecular flexibility index (Phi) is 8.43. The molecule has 5 aromatic rings. The summed E-state index contributed by atoms with van der Waals surface area (Å²) in [6, 6.07) is 28.7. The first-order valence-electron chi connectivity index (χ1n) is 14.6. The van der Waals surface area contributed by atoms with Crippen molar-refractivity contribution in [3.63, 3.8) is 0 Å². The fraction of sp³-hybridized carbons (Fsp3) is 0.194. The number of hydrogen-bond acceptors (Lipinski definition) is 7. The lowest BCUT2D eigenvalue weighted by Crippen LogP contribution is -2.40. The van der Waals surface area contributed by atoms with Crippen LogP contribution < -0.4 is 24.4 Å². The predicted octanol–water partition coefficient (Wildman–Crippen LogP) is 5.93. The summed E-state index contributed by atoms with van der Waals surface area (Å²) in [5.41, 5.74) is 3.09. The van der Waals surface area contributed by atoms with Crippen LogP contribution in [0.5, 0.6) is 11.5 Å². The second-order valence-electron chi connectivity index (χ2n) is 10.2. The molecule has 0 fully saturated rings. The number of thiazole rings is 1. The van der Waals surface area contributed by atoms with E-state index in [2.05, 4.69) is 0 Å². The van der Waals surface area contributed by atoms with Crippen LogP contribution in [-0.2, 0) is 16.1 Å². The van der Waals surface area contributed by atoms with Crippen molar-refractivity contribution in [2.45, 2.75) is 33.4 Å². The van der Waals surface area contributed by atoms with Crippen molar-refractivity contribution >= 4 is 34.2 Å². The lowest BCUT2D eigenvalue weighted by molar-refractivity contribution is -0.139. The Morgan fingerprint density at radius 3 is 2.43 bits per heavy atom. The molecule has 0 aliphatic carbocycles. The number of esters is 1. The molecule has 222 valence electrons. The number of para-hydroxylation sites is 1. The average molecular weight is 605 g/mol. The van der Waals surface area contributed by atoms with Crippen LogP contribution in [0.4, 0.5) is 0 Å². The molecular weight excluding hydrogens is 572 g/mol. The number of carbonyl (C=O) groups excluding carboxylic acids is 1. The molecular formula is C36H32N2O5S. The van der Waals surface area contributed by atoms with Crippen LogP contribution in [0.3, 0.4) is 0 Å². The van der Waals surface area contributed by atoms with Crippen LogP contribution in [-0.4, -0.2) is 23.8 Å². The third-order valence-corrected chi connectivity index (χ3v) is 8.46. The summed E-state index contributed by atoms with van der Waals surface area (Å²) in [6.45, 7) is 6.46. The summed E-state index contributed by atoms with van der Waals surface area (Å²) < 4.78 is 19.8. The third kappa shape index (κ3) is 5.56. The number of nitrogens with zero attached hydrogens (tertiary/aromatic N) is 2. The van der Waals surface area contributed by atoms with Crippen molar-refractivity contribution in [1.82, 2.24) is 4.57 Å². The summed E-state index contributed by atoms with van der Waals surface area (Å²) in [5, 5.41) is 1.99. The molecule has 0 unspecified atom stereocenters. The zero-order valence-corrected chi connectivity index (χ0v) is 25.6. The van der Waals surface area contributed by atoms with E-state index >= 15 is 0 Å². The zero-order valence-electron chi connectivity index (χ0n) is 24.8. The first-order valence-corrected chi connectivity index (χ1v) is 15.4. The average Bonchev–Trinajstić information content (AvgIpc) is 3.34. The molecule has 7 nitrogen and oxygen atoms in total. The molecule has 0 radical (unpaired) electrons. The van der Waals surface area contributed by atoms with Gasteiger partial charge in [0, 0.05) is 11.1 Å². The van der Waals surface area contributed by atoms with Crippen molar-refractivity contribution in [2.24, 2.45) is 4.99 Å². The lowest BCUT2D eigenvalue weighted by atomic mass is 9.95. The first kappa shape index (κ1) is 29.1. The molecule has 1 atom stereocenters. The molecule has 1 aliphatic rings. The van der Waals surface area contributed by atoms with Gasteiger partial charge in [0.1, 0.15) is 24.1 Å². The van der Waals surface area contributed by atoms with Gasteiger partial charge in [-0.15, -0.1) is 0 Å². The summed E-state index contributed by atoms with van der Waals surface area (Å²) in [4.78, 5) is 32.9. The predicted molar refractivity (Wildman–Crippen MR) is 173 cm³/mol. The second kappa shape index (κ2) is 12.7. The number of carbonyl (C=O) groups is 1. The monoisotopic (exact) mass is 604 g/mol. The van der Waals surface area contributed by atoms with E-state index in [0.717, 1.165) is 21.9 Å². The fourth-order valence-corrected chi connectivity index (χ4v) is 6.52. The van der Waals surface area contributed by atoms with Crippen LogP contribution >= 0.6 is 11.3 Å². The number of aromatic nitrogens is 1. The molecule has 1 aromatic heterocycles. The van der Waals surface area contributed by atoms with E-state index in [-0.39, 0.29) is 12.2 Å². The molecule has 0 saturated heterocycles. The van der Waals surface area contributed by atoms with Crippen molar-refractivity contribution in [1.29, 1.82) is 0 Å². The Hall–Kier alpha value is -4.95. The van der Waals surface area contributed by atoms with Crippen molar-refractivity contribution in [3.8, 4) is 11.5 Å². The van der Waals surface area contributed by atoms with Crippen LogP contribution in [0.1, 0.15) is 43.5 Å². The third-order valence-electron chi connectivity index (χ3n) is 7.47. The number of hydrogen-bond donors (Lipinski definition) is 0. The SMILES string of the molecule is CCOC(=O)C1=C(C)N=c2s/c(=C\c3c(OCc4ccccc4)ccc4ccccc34)c(=O)n2[C@H]1c1ccccc1OCC. The van der Waals surface area contributed by atoms with Crippen LogP contribution in [0.15, 0.2) is 112 Å². The maximum Gasteiger partial charge on any atom is 0.338 e. The van der Waals surface area contributed by atoms with Crippen LogP contribution in [0.25, 0.3) is 16.8 Å². The number of ether oxygens (including phenoxy) is 3. The Morgan fingerprint density at radius 1 is 0.886 bits per heavy atom. The normalized spacial score (nSPS) is 14.7. The number of rotatable bonds is 9. The van der Waals surface area contributed by atoms with E-state index < -0.39 is 12.0 Å². The molecule has 44 heavy (non-hydrogen) atoms. The van der Waals surface area contributed by atoms with E-state index in [0.29, 0.717) is 50.9 Å². The highest BCUT2D eigenvalue weighted by Crippen LogP contribution is 2.36. The largest absolute Gasteiger partial charge is 0.494 e. The lowest BCUT2D eigenvalue weighted by Gasteiger charge is -2.26. The van der Waals surface area contributed by atoms with Gasteiger partial charge in [0.2, 0.25) is 0 Å². The number of allylic oxidation sites excluding steroid dienone is 1. The highest BCUT2D eigenvalue weighted by molar-refractivity contribution is 7.07. The number of fused-ring (bicyclic) bond motifs is 2. The minimum absolute atomic E-state index is 0.201. The molecule has 4 aromatic carbocycles. The number of benzene rings is 4. The van der Waals surface area contributed by atoms with Crippen molar-refractivity contribution in [3.05, 3.63) is 139 Å². The van der Waals surface area contributed by atoms with Gasteiger partial charge in [0.15, 0.2) is 4.80 Å². The molecule has 6 rings (SSSR count). The van der Waals surface area contributed by atoms with E-state index in [1.54, 1.807) is 18.4 Å². The quantitative estimate of drug-likeness (QED) is 0.195. The van der Waals surface area contributed by atoms with Gasteiger partial charge in [0.25, 0.3) is 5.56 Å². The molecule has 0 bridgehead atoms. The van der Waals surface area contributed by atoms with Gasteiger partial charge in [-0.25, -0.2) is 9.79 Å². The summed E-state index contributed by atoms with van der Waals surface area (Å²) >= 11 is 1.28. The van der Waals surface area contributed by atoms with E-state index in [9.17, 15) is 9.59 Å². The fourth-order valence-electron chi connectivity index (χ4n) is 5.50. The smallest absolute Gasteiger partial charge is 0.338 e. The van der Waals surface area contributed by atoms with E-state index in [1.165, 1.54) is 11.3 Å². The molecule has 0 saturated carbocycles. The molecule has 1 aliphatic heterocycles. The summed E-state index contributed by atoms with van der Waals surface area (Å²) in [7, 11) is 0. The van der Waals surface area contributed by atoms with Crippen LogP contribution in [0, 0.1) is 0 Å². The van der Waals surface area contributed by atoms with Crippen molar-refractivity contribution in [2.75, 3.05) is 13.2 Å². The Labute approximate surface area is 259 Å². The zero-order chi connectivity index (χ0) is 30.6. The molecule has 2 heterocycles. The maximum atomic E-state index is 14.4. The highest BCUT2D eigenvalue weighted by Gasteiger charge is 2.35. The topological polar surface area (TPSA) is 79.1 Å². The Bertz CT molecular complexity index is 2060. The van der Waals surface area contributed by atoms with Gasteiger partial charge in [-0.2, -0.15) is 0 Å².